The van der Waals surface area contributed by atoms with Crippen LogP contribution < -0.4 is 0 Å². The Labute approximate surface area is 61.8 Å². The van der Waals surface area contributed by atoms with Gasteiger partial charge in [0.1, 0.15) is 11.5 Å². The van der Waals surface area contributed by atoms with Gasteiger partial charge in [-0.3, -0.25) is 0 Å². The standard InChI is InChI=1S/C8H14O2/c1-4-5-8-9-6(2)7(3)10-8/h8H,4-5H2,1-3H3. The molecule has 0 saturated carbocycles. The monoisotopic (exact) mass is 142 g/mol. The van der Waals surface area contributed by atoms with E-state index in [1.165, 1.54) is 0 Å². The van der Waals surface area contributed by atoms with Gasteiger partial charge in [-0.25, -0.2) is 0 Å². The molecule has 0 aliphatic carbocycles. The molecule has 0 fully saturated rings. The van der Waals surface area contributed by atoms with Gasteiger partial charge in [0.05, 0.1) is 0 Å². The van der Waals surface area contributed by atoms with E-state index in [9.17, 15) is 0 Å². The molecule has 0 aromatic heterocycles. The molecule has 0 N–H and O–H groups in total. The van der Waals surface area contributed by atoms with Gasteiger partial charge in [-0.2, -0.15) is 0 Å². The molecule has 0 spiro atoms. The van der Waals surface area contributed by atoms with Crippen LogP contribution in [0.25, 0.3) is 0 Å². The van der Waals surface area contributed by atoms with Crippen LogP contribution in [0.15, 0.2) is 11.5 Å². The lowest BCUT2D eigenvalue weighted by Gasteiger charge is -2.08. The van der Waals surface area contributed by atoms with E-state index >= 15 is 0 Å². The average molecular weight is 142 g/mol. The molecule has 58 valence electrons. The molecule has 1 aliphatic rings. The molecule has 0 aromatic rings. The summed E-state index contributed by atoms with van der Waals surface area (Å²) in [5, 5.41) is 0. The van der Waals surface area contributed by atoms with Gasteiger partial charge in [0.2, 0.25) is 6.29 Å². The maximum atomic E-state index is 5.37. The Morgan fingerprint density at radius 3 is 2.10 bits per heavy atom. The Balaban J connectivity index is 2.36. The van der Waals surface area contributed by atoms with Gasteiger partial charge in [0.25, 0.3) is 0 Å². The lowest BCUT2D eigenvalue weighted by molar-refractivity contribution is -0.0434. The number of allylic oxidation sites excluding steroid dienone is 2. The Bertz CT molecular complexity index is 135. The first-order valence-corrected chi connectivity index (χ1v) is 3.75. The predicted molar refractivity (Wildman–Crippen MR) is 39.2 cm³/mol. The third-order valence-corrected chi connectivity index (χ3v) is 1.64. The first-order chi connectivity index (χ1) is 4.74. The summed E-state index contributed by atoms with van der Waals surface area (Å²) in [7, 11) is 0. The molecule has 1 rings (SSSR count). The van der Waals surface area contributed by atoms with Crippen molar-refractivity contribution in [2.24, 2.45) is 0 Å². The highest BCUT2D eigenvalue weighted by molar-refractivity contribution is 4.99. The van der Waals surface area contributed by atoms with Crippen LogP contribution in [0.3, 0.4) is 0 Å². The highest BCUT2D eigenvalue weighted by Gasteiger charge is 2.19. The van der Waals surface area contributed by atoms with Crippen LogP contribution in [0.2, 0.25) is 0 Å². The van der Waals surface area contributed by atoms with Crippen molar-refractivity contribution >= 4 is 0 Å². The van der Waals surface area contributed by atoms with E-state index < -0.39 is 0 Å². The minimum Gasteiger partial charge on any atom is -0.456 e. The first kappa shape index (κ1) is 7.45. The van der Waals surface area contributed by atoms with Crippen molar-refractivity contribution in [2.75, 3.05) is 0 Å². The molecule has 2 heteroatoms. The van der Waals surface area contributed by atoms with Crippen LogP contribution in [0.4, 0.5) is 0 Å². The van der Waals surface area contributed by atoms with Gasteiger partial charge in [0, 0.05) is 6.42 Å². The van der Waals surface area contributed by atoms with Gasteiger partial charge in [0.15, 0.2) is 0 Å². The smallest absolute Gasteiger partial charge is 0.240 e. The average Bonchev–Trinajstić information content (AvgIpc) is 2.14. The quantitative estimate of drug-likeness (QED) is 0.589. The van der Waals surface area contributed by atoms with Crippen LogP contribution in [0.5, 0.6) is 0 Å². The minimum atomic E-state index is -0.00926. The molecule has 2 nitrogen and oxygen atoms in total. The lowest BCUT2D eigenvalue weighted by atomic mass is 10.3. The molecular formula is C8H14O2. The summed E-state index contributed by atoms with van der Waals surface area (Å²) in [6, 6.07) is 0. The van der Waals surface area contributed by atoms with Crippen molar-refractivity contribution in [2.45, 2.75) is 39.9 Å². The molecule has 0 atom stereocenters. The molecule has 0 unspecified atom stereocenters. The zero-order valence-corrected chi connectivity index (χ0v) is 6.81. The third kappa shape index (κ3) is 1.43. The number of rotatable bonds is 2. The summed E-state index contributed by atoms with van der Waals surface area (Å²) in [6.07, 6.45) is 2.07. The SMILES string of the molecule is CCCC1OC(C)=C(C)O1. The van der Waals surface area contributed by atoms with E-state index in [0.29, 0.717) is 0 Å². The maximum Gasteiger partial charge on any atom is 0.240 e. The van der Waals surface area contributed by atoms with Crippen molar-refractivity contribution in [3.8, 4) is 0 Å². The molecule has 0 saturated heterocycles. The molecule has 1 aliphatic heterocycles. The summed E-state index contributed by atoms with van der Waals surface area (Å²) in [5.74, 6) is 1.86. The molecular weight excluding hydrogens is 128 g/mol. The van der Waals surface area contributed by atoms with Crippen LogP contribution in [-0.4, -0.2) is 6.29 Å². The fourth-order valence-corrected chi connectivity index (χ4v) is 0.938. The highest BCUT2D eigenvalue weighted by Crippen LogP contribution is 2.23. The summed E-state index contributed by atoms with van der Waals surface area (Å²) < 4.78 is 10.7. The minimum absolute atomic E-state index is 0.00926. The van der Waals surface area contributed by atoms with E-state index in [0.717, 1.165) is 24.4 Å². The van der Waals surface area contributed by atoms with Crippen LogP contribution in [-0.2, 0) is 9.47 Å². The van der Waals surface area contributed by atoms with Crippen molar-refractivity contribution in [1.29, 1.82) is 0 Å². The van der Waals surface area contributed by atoms with Gasteiger partial charge in [-0.05, 0) is 20.3 Å². The summed E-state index contributed by atoms with van der Waals surface area (Å²) in [4.78, 5) is 0. The number of hydrogen-bond acceptors (Lipinski definition) is 2. The summed E-state index contributed by atoms with van der Waals surface area (Å²) >= 11 is 0. The molecule has 10 heavy (non-hydrogen) atoms. The van der Waals surface area contributed by atoms with Gasteiger partial charge in [-0.1, -0.05) is 6.92 Å². The molecule has 0 radical (unpaired) electrons. The van der Waals surface area contributed by atoms with Crippen LogP contribution in [0, 0.1) is 0 Å². The van der Waals surface area contributed by atoms with E-state index in [1.54, 1.807) is 0 Å². The van der Waals surface area contributed by atoms with Crippen molar-refractivity contribution in [1.82, 2.24) is 0 Å². The van der Waals surface area contributed by atoms with Crippen molar-refractivity contribution < 1.29 is 9.47 Å². The van der Waals surface area contributed by atoms with E-state index in [4.69, 9.17) is 9.47 Å². The summed E-state index contributed by atoms with van der Waals surface area (Å²) in [6.45, 7) is 5.99. The first-order valence-electron chi connectivity index (χ1n) is 3.75. The maximum absolute atomic E-state index is 5.37. The fraction of sp³-hybridized carbons (Fsp3) is 0.750. The number of hydrogen-bond donors (Lipinski definition) is 0. The van der Waals surface area contributed by atoms with Crippen molar-refractivity contribution in [3.05, 3.63) is 11.5 Å². The van der Waals surface area contributed by atoms with Crippen molar-refractivity contribution in [3.63, 3.8) is 0 Å². The zero-order valence-electron chi connectivity index (χ0n) is 6.81. The topological polar surface area (TPSA) is 18.5 Å². The van der Waals surface area contributed by atoms with Crippen LogP contribution in [0.1, 0.15) is 33.6 Å². The van der Waals surface area contributed by atoms with Gasteiger partial charge in [-0.15, -0.1) is 0 Å². The summed E-state index contributed by atoms with van der Waals surface area (Å²) in [5.41, 5.74) is 0. The molecule has 0 aromatic carbocycles. The van der Waals surface area contributed by atoms with Gasteiger partial charge < -0.3 is 9.47 Å². The zero-order chi connectivity index (χ0) is 7.56. The molecule has 0 bridgehead atoms. The highest BCUT2D eigenvalue weighted by atomic mass is 16.7. The second-order valence-corrected chi connectivity index (χ2v) is 2.57. The lowest BCUT2D eigenvalue weighted by Crippen LogP contribution is -2.07. The Morgan fingerprint density at radius 1 is 1.20 bits per heavy atom. The molecule has 0 amide bonds. The van der Waals surface area contributed by atoms with E-state index in [-0.39, 0.29) is 6.29 Å². The number of ether oxygens (including phenoxy) is 2. The Kier molecular flexibility index (Phi) is 2.20. The van der Waals surface area contributed by atoms with E-state index in [2.05, 4.69) is 6.92 Å². The Hall–Kier alpha value is -0.660. The second kappa shape index (κ2) is 2.95. The second-order valence-electron chi connectivity index (χ2n) is 2.57. The van der Waals surface area contributed by atoms with Gasteiger partial charge >= 0.3 is 0 Å². The Morgan fingerprint density at radius 2 is 1.70 bits per heavy atom. The molecule has 1 heterocycles. The van der Waals surface area contributed by atoms with Crippen LogP contribution >= 0.6 is 0 Å². The van der Waals surface area contributed by atoms with E-state index in [1.807, 2.05) is 13.8 Å². The largest absolute Gasteiger partial charge is 0.456 e. The predicted octanol–water partition coefficient (Wildman–Crippen LogP) is 2.41. The third-order valence-electron chi connectivity index (χ3n) is 1.64. The normalized spacial score (nSPS) is 19.1. The fourth-order valence-electron chi connectivity index (χ4n) is 0.938.